The Bertz CT molecular complexity index is 476. The number of rotatable bonds is 2. The molecule has 0 saturated carbocycles. The molecule has 104 valence electrons. The molecule has 1 unspecified atom stereocenters. The molecule has 0 aliphatic carbocycles. The maximum absolute atomic E-state index is 12.6. The lowest BCUT2D eigenvalue weighted by Crippen LogP contribution is -2.52. The molecule has 1 fully saturated rings. The fraction of sp³-hybridized carbons (Fsp3) is 0.500. The minimum atomic E-state index is -0.0101. The number of benzene rings is 1. The zero-order chi connectivity index (χ0) is 14.0. The summed E-state index contributed by atoms with van der Waals surface area (Å²) in [6, 6.07) is 5.65. The molecule has 1 aromatic carbocycles. The number of amides is 1. The van der Waals surface area contributed by atoms with Crippen molar-refractivity contribution in [1.82, 2.24) is 9.80 Å². The Labute approximate surface area is 113 Å². The van der Waals surface area contributed by atoms with Crippen molar-refractivity contribution in [2.45, 2.75) is 13.0 Å². The van der Waals surface area contributed by atoms with Crippen LogP contribution in [0.15, 0.2) is 18.2 Å². The highest BCUT2D eigenvalue weighted by Crippen LogP contribution is 2.27. The van der Waals surface area contributed by atoms with E-state index in [0.29, 0.717) is 23.0 Å². The number of piperazine rings is 1. The molecule has 19 heavy (non-hydrogen) atoms. The molecule has 1 amide bonds. The first kappa shape index (κ1) is 13.7. The summed E-state index contributed by atoms with van der Waals surface area (Å²) in [7, 11) is 3.61. The molecule has 5 nitrogen and oxygen atoms in total. The lowest BCUT2D eigenvalue weighted by molar-refractivity contribution is 0.0569. The number of anilines is 1. The van der Waals surface area contributed by atoms with E-state index in [4.69, 9.17) is 10.5 Å². The van der Waals surface area contributed by atoms with Crippen molar-refractivity contribution in [2.24, 2.45) is 0 Å². The van der Waals surface area contributed by atoms with Gasteiger partial charge in [0.2, 0.25) is 0 Å². The van der Waals surface area contributed by atoms with Gasteiger partial charge < -0.3 is 20.3 Å². The zero-order valence-electron chi connectivity index (χ0n) is 11.7. The quantitative estimate of drug-likeness (QED) is 0.810. The van der Waals surface area contributed by atoms with E-state index in [2.05, 4.69) is 18.9 Å². The van der Waals surface area contributed by atoms with Gasteiger partial charge in [-0.15, -0.1) is 0 Å². The van der Waals surface area contributed by atoms with Crippen LogP contribution in [0.5, 0.6) is 5.75 Å². The highest BCUT2D eigenvalue weighted by molar-refractivity contribution is 5.98. The van der Waals surface area contributed by atoms with E-state index in [1.807, 2.05) is 4.90 Å². The van der Waals surface area contributed by atoms with Crippen molar-refractivity contribution in [3.05, 3.63) is 23.8 Å². The number of likely N-dealkylation sites (N-methyl/N-ethyl adjacent to an activating group) is 1. The molecule has 1 atom stereocenters. The maximum atomic E-state index is 12.6. The van der Waals surface area contributed by atoms with Crippen molar-refractivity contribution in [3.8, 4) is 5.75 Å². The third-order valence-electron chi connectivity index (χ3n) is 3.73. The van der Waals surface area contributed by atoms with Crippen molar-refractivity contribution in [1.29, 1.82) is 0 Å². The predicted octanol–water partition coefficient (Wildman–Crippen LogP) is 1.05. The van der Waals surface area contributed by atoms with Gasteiger partial charge in [0.1, 0.15) is 0 Å². The minimum Gasteiger partial charge on any atom is -0.494 e. The number of hydrogen-bond acceptors (Lipinski definition) is 4. The summed E-state index contributed by atoms with van der Waals surface area (Å²) in [6.45, 7) is 4.47. The highest BCUT2D eigenvalue weighted by atomic mass is 16.5. The van der Waals surface area contributed by atoms with Crippen LogP contribution in [0, 0.1) is 0 Å². The fourth-order valence-corrected chi connectivity index (χ4v) is 2.35. The third-order valence-corrected chi connectivity index (χ3v) is 3.73. The number of nitrogens with two attached hydrogens (primary N) is 1. The van der Waals surface area contributed by atoms with Gasteiger partial charge in [-0.1, -0.05) is 6.07 Å². The second-order valence-corrected chi connectivity index (χ2v) is 5.01. The van der Waals surface area contributed by atoms with Crippen LogP contribution in [0.2, 0.25) is 0 Å². The first-order valence-corrected chi connectivity index (χ1v) is 6.46. The van der Waals surface area contributed by atoms with Gasteiger partial charge in [0, 0.05) is 25.7 Å². The third kappa shape index (κ3) is 2.66. The second-order valence-electron chi connectivity index (χ2n) is 5.01. The van der Waals surface area contributed by atoms with Crippen LogP contribution >= 0.6 is 0 Å². The normalized spacial score (nSPS) is 20.4. The molecule has 2 N–H and O–H groups in total. The molecular formula is C14H21N3O2. The summed E-state index contributed by atoms with van der Waals surface area (Å²) in [5.74, 6) is 0.461. The van der Waals surface area contributed by atoms with Gasteiger partial charge in [-0.25, -0.2) is 0 Å². The Kier molecular flexibility index (Phi) is 3.95. The van der Waals surface area contributed by atoms with Crippen LogP contribution in [0.4, 0.5) is 5.69 Å². The summed E-state index contributed by atoms with van der Waals surface area (Å²) in [5.41, 5.74) is 6.88. The smallest absolute Gasteiger partial charge is 0.257 e. The van der Waals surface area contributed by atoms with Crippen molar-refractivity contribution in [3.63, 3.8) is 0 Å². The van der Waals surface area contributed by atoms with Crippen LogP contribution < -0.4 is 10.5 Å². The number of hydrogen-bond donors (Lipinski definition) is 1. The van der Waals surface area contributed by atoms with Gasteiger partial charge in [-0.3, -0.25) is 4.79 Å². The number of carbonyl (C=O) groups excluding carboxylic acids is 1. The van der Waals surface area contributed by atoms with Crippen molar-refractivity contribution >= 4 is 11.6 Å². The predicted molar refractivity (Wildman–Crippen MR) is 75.4 cm³/mol. The van der Waals surface area contributed by atoms with E-state index in [1.54, 1.807) is 18.2 Å². The monoisotopic (exact) mass is 263 g/mol. The zero-order valence-corrected chi connectivity index (χ0v) is 11.7. The Hall–Kier alpha value is -1.75. The van der Waals surface area contributed by atoms with Gasteiger partial charge >= 0.3 is 0 Å². The Morgan fingerprint density at radius 3 is 2.79 bits per heavy atom. The summed E-state index contributed by atoms with van der Waals surface area (Å²) >= 11 is 0. The molecule has 0 aromatic heterocycles. The van der Waals surface area contributed by atoms with Gasteiger partial charge in [-0.2, -0.15) is 0 Å². The molecule has 1 heterocycles. The first-order valence-electron chi connectivity index (χ1n) is 6.46. The van der Waals surface area contributed by atoms with Gasteiger partial charge in [0.15, 0.2) is 5.75 Å². The molecule has 5 heteroatoms. The van der Waals surface area contributed by atoms with Crippen LogP contribution in [-0.2, 0) is 0 Å². The fourth-order valence-electron chi connectivity index (χ4n) is 2.35. The molecule has 1 aliphatic rings. The van der Waals surface area contributed by atoms with Crippen LogP contribution in [0.25, 0.3) is 0 Å². The number of para-hydroxylation sites is 1. The van der Waals surface area contributed by atoms with Crippen LogP contribution in [-0.4, -0.2) is 55.5 Å². The van der Waals surface area contributed by atoms with Gasteiger partial charge in [0.25, 0.3) is 5.91 Å². The Morgan fingerprint density at radius 2 is 2.16 bits per heavy atom. The molecule has 0 bridgehead atoms. The Morgan fingerprint density at radius 1 is 1.42 bits per heavy atom. The summed E-state index contributed by atoms with van der Waals surface area (Å²) in [5, 5.41) is 0. The average Bonchev–Trinajstić information content (AvgIpc) is 2.40. The molecule has 1 aromatic rings. The largest absolute Gasteiger partial charge is 0.494 e. The number of nitrogen functional groups attached to an aromatic ring is 1. The summed E-state index contributed by atoms with van der Waals surface area (Å²) in [6.07, 6.45) is 0. The molecular weight excluding hydrogens is 242 g/mol. The first-order chi connectivity index (χ1) is 9.04. The lowest BCUT2D eigenvalue weighted by atomic mass is 10.1. The van der Waals surface area contributed by atoms with Gasteiger partial charge in [-0.05, 0) is 26.1 Å². The summed E-state index contributed by atoms with van der Waals surface area (Å²) < 4.78 is 5.25. The molecule has 0 radical (unpaired) electrons. The number of ether oxygens (including phenoxy) is 1. The second kappa shape index (κ2) is 5.48. The molecule has 2 rings (SSSR count). The molecule has 0 spiro atoms. The van der Waals surface area contributed by atoms with Crippen molar-refractivity contribution in [2.75, 3.05) is 39.5 Å². The van der Waals surface area contributed by atoms with E-state index in [0.717, 1.165) is 19.6 Å². The standard InChI is InChI=1S/C14H21N3O2/c1-10-9-17(8-7-16(10)2)14(18)11-5-4-6-12(15)13(11)19-3/h4-6,10H,7-9,15H2,1-3H3. The highest BCUT2D eigenvalue weighted by Gasteiger charge is 2.27. The number of methoxy groups -OCH3 is 1. The SMILES string of the molecule is COc1c(N)cccc1C(=O)N1CCN(C)C(C)C1. The topological polar surface area (TPSA) is 58.8 Å². The van der Waals surface area contributed by atoms with E-state index >= 15 is 0 Å². The van der Waals surface area contributed by atoms with E-state index in [-0.39, 0.29) is 5.91 Å². The van der Waals surface area contributed by atoms with Crippen LogP contribution in [0.3, 0.4) is 0 Å². The minimum absolute atomic E-state index is 0.0101. The molecule has 1 aliphatic heterocycles. The molecule has 1 saturated heterocycles. The summed E-state index contributed by atoms with van der Waals surface area (Å²) in [4.78, 5) is 16.7. The van der Waals surface area contributed by atoms with Gasteiger partial charge in [0.05, 0.1) is 18.4 Å². The van der Waals surface area contributed by atoms with E-state index in [9.17, 15) is 4.79 Å². The lowest BCUT2D eigenvalue weighted by Gasteiger charge is -2.37. The van der Waals surface area contributed by atoms with E-state index < -0.39 is 0 Å². The number of carbonyl (C=O) groups is 1. The van der Waals surface area contributed by atoms with E-state index in [1.165, 1.54) is 7.11 Å². The van der Waals surface area contributed by atoms with Crippen molar-refractivity contribution < 1.29 is 9.53 Å². The Balaban J connectivity index is 2.23. The number of nitrogens with zero attached hydrogens (tertiary/aromatic N) is 2. The van der Waals surface area contributed by atoms with Crippen LogP contribution in [0.1, 0.15) is 17.3 Å². The average molecular weight is 263 g/mol. The maximum Gasteiger partial charge on any atom is 0.257 e.